The molecule has 1 spiro atoms. The summed E-state index contributed by atoms with van der Waals surface area (Å²) < 4.78 is 13.4. The number of imidazole rings is 1. The third-order valence-electron chi connectivity index (χ3n) is 5.33. The zero-order chi connectivity index (χ0) is 18.0. The monoisotopic (exact) mass is 352 g/mol. The molecular weight excluding hydrogens is 328 g/mol. The highest BCUT2D eigenvalue weighted by Crippen LogP contribution is 2.38. The number of rotatable bonds is 4. The quantitative estimate of drug-likeness (QED) is 0.789. The lowest BCUT2D eigenvalue weighted by Crippen LogP contribution is -2.36. The highest BCUT2D eigenvalue weighted by atomic mass is 16.7. The molecule has 5 nitrogen and oxygen atoms in total. The van der Waals surface area contributed by atoms with Crippen LogP contribution in [0.4, 0.5) is 0 Å². The number of aryl methyl sites for hydroxylation is 1. The van der Waals surface area contributed by atoms with E-state index in [2.05, 4.69) is 4.98 Å². The van der Waals surface area contributed by atoms with Crippen molar-refractivity contribution in [1.29, 1.82) is 0 Å². The Balaban J connectivity index is 1.44. The maximum Gasteiger partial charge on any atom is 0.168 e. The van der Waals surface area contributed by atoms with Crippen molar-refractivity contribution in [2.75, 3.05) is 13.2 Å². The molecule has 1 aromatic carbocycles. The van der Waals surface area contributed by atoms with E-state index in [1.165, 1.54) is 0 Å². The van der Waals surface area contributed by atoms with E-state index in [-0.39, 0.29) is 11.7 Å². The molecule has 0 amide bonds. The first-order valence-corrected chi connectivity index (χ1v) is 9.22. The van der Waals surface area contributed by atoms with Gasteiger partial charge in [0.1, 0.15) is 0 Å². The number of nitrogens with zero attached hydrogens (tertiary/aromatic N) is 2. The molecule has 5 heteroatoms. The molecule has 136 valence electrons. The smallest absolute Gasteiger partial charge is 0.168 e. The van der Waals surface area contributed by atoms with E-state index in [1.54, 1.807) is 12.4 Å². The second-order valence-electron chi connectivity index (χ2n) is 7.13. The molecule has 2 heterocycles. The Morgan fingerprint density at radius 2 is 1.96 bits per heavy atom. The van der Waals surface area contributed by atoms with Crippen molar-refractivity contribution in [1.82, 2.24) is 9.55 Å². The molecule has 2 aromatic rings. The van der Waals surface area contributed by atoms with Crippen molar-refractivity contribution in [2.45, 2.75) is 31.5 Å². The largest absolute Gasteiger partial charge is 0.348 e. The third-order valence-corrected chi connectivity index (χ3v) is 5.33. The first kappa shape index (κ1) is 17.2. The molecule has 2 fully saturated rings. The Labute approximate surface area is 153 Å². The molecule has 1 aromatic heterocycles. The number of carbonyl (C=O) groups is 1. The second-order valence-corrected chi connectivity index (χ2v) is 7.13. The average Bonchev–Trinajstić information content (AvgIpc) is 3.30. The Morgan fingerprint density at radius 1 is 1.23 bits per heavy atom. The average molecular weight is 352 g/mol. The topological polar surface area (TPSA) is 53.4 Å². The number of ether oxygens (including phenoxy) is 2. The lowest BCUT2D eigenvalue weighted by molar-refractivity contribution is -0.182. The normalized spacial score (nSPS) is 20.2. The predicted octanol–water partition coefficient (Wildman–Crippen LogP) is 3.60. The number of ketones is 1. The predicted molar refractivity (Wildman–Crippen MR) is 99.3 cm³/mol. The van der Waals surface area contributed by atoms with Gasteiger partial charge in [0.15, 0.2) is 11.6 Å². The maximum atomic E-state index is 12.6. The van der Waals surface area contributed by atoms with Crippen LogP contribution in [0, 0.1) is 5.92 Å². The molecule has 0 N–H and O–H groups in total. The molecule has 4 rings (SSSR count). The van der Waals surface area contributed by atoms with E-state index < -0.39 is 5.79 Å². The highest BCUT2D eigenvalue weighted by Gasteiger charge is 2.41. The van der Waals surface area contributed by atoms with E-state index in [0.717, 1.165) is 42.5 Å². The fourth-order valence-electron chi connectivity index (χ4n) is 3.86. The van der Waals surface area contributed by atoms with Gasteiger partial charge >= 0.3 is 0 Å². The van der Waals surface area contributed by atoms with Gasteiger partial charge in [-0.2, -0.15) is 0 Å². The van der Waals surface area contributed by atoms with E-state index in [1.807, 2.05) is 48.2 Å². The summed E-state index contributed by atoms with van der Waals surface area (Å²) in [6.45, 7) is 1.34. The van der Waals surface area contributed by atoms with Gasteiger partial charge in [0.25, 0.3) is 0 Å². The lowest BCUT2D eigenvalue weighted by Gasteiger charge is -2.34. The molecule has 0 atom stereocenters. The molecular formula is C21H24N2O3. The molecule has 0 radical (unpaired) electrons. The summed E-state index contributed by atoms with van der Waals surface area (Å²) in [5.41, 5.74) is 2.96. The maximum absolute atomic E-state index is 12.6. The molecule has 0 bridgehead atoms. The van der Waals surface area contributed by atoms with Gasteiger partial charge in [0.05, 0.1) is 25.2 Å². The standard InChI is InChI=1S/C21H24N2O3/c1-23-14-19(22-15-23)18-5-3-2-4-16(18)6-7-20(24)17-8-10-21(11-9-17)25-12-13-26-21/h2-7,14-15,17H,8-13H2,1H3/b7-6+. The van der Waals surface area contributed by atoms with Crippen LogP contribution in [0.25, 0.3) is 17.3 Å². The van der Waals surface area contributed by atoms with Crippen LogP contribution in [0.1, 0.15) is 31.2 Å². The van der Waals surface area contributed by atoms with E-state index >= 15 is 0 Å². The zero-order valence-corrected chi connectivity index (χ0v) is 15.1. The minimum atomic E-state index is -0.411. The molecule has 1 saturated carbocycles. The van der Waals surface area contributed by atoms with Crippen molar-refractivity contribution in [3.63, 3.8) is 0 Å². The first-order valence-electron chi connectivity index (χ1n) is 9.22. The van der Waals surface area contributed by atoms with Crippen LogP contribution in [0.5, 0.6) is 0 Å². The highest BCUT2D eigenvalue weighted by molar-refractivity contribution is 5.96. The van der Waals surface area contributed by atoms with Crippen molar-refractivity contribution < 1.29 is 14.3 Å². The number of hydrogen-bond donors (Lipinski definition) is 0. The van der Waals surface area contributed by atoms with E-state index in [4.69, 9.17) is 9.47 Å². The zero-order valence-electron chi connectivity index (χ0n) is 15.1. The van der Waals surface area contributed by atoms with Gasteiger partial charge in [0, 0.05) is 37.6 Å². The van der Waals surface area contributed by atoms with Gasteiger partial charge < -0.3 is 14.0 Å². The summed E-state index contributed by atoms with van der Waals surface area (Å²) in [5.74, 6) is -0.160. The lowest BCUT2D eigenvalue weighted by atomic mass is 9.82. The van der Waals surface area contributed by atoms with Crippen LogP contribution in [-0.2, 0) is 21.3 Å². The van der Waals surface area contributed by atoms with E-state index in [0.29, 0.717) is 13.2 Å². The number of aromatic nitrogens is 2. The Kier molecular flexibility index (Phi) is 4.74. The van der Waals surface area contributed by atoms with Crippen LogP contribution in [0.2, 0.25) is 0 Å². The van der Waals surface area contributed by atoms with Crippen molar-refractivity contribution in [2.24, 2.45) is 13.0 Å². The molecule has 26 heavy (non-hydrogen) atoms. The minimum Gasteiger partial charge on any atom is -0.348 e. The Hall–Kier alpha value is -2.24. The summed E-state index contributed by atoms with van der Waals surface area (Å²) in [7, 11) is 1.95. The van der Waals surface area contributed by atoms with Gasteiger partial charge in [-0.05, 0) is 24.5 Å². The number of allylic oxidation sites excluding steroid dienone is 1. The fourth-order valence-corrected chi connectivity index (χ4v) is 3.86. The number of carbonyl (C=O) groups excluding carboxylic acids is 1. The fraction of sp³-hybridized carbons (Fsp3) is 0.429. The second kappa shape index (κ2) is 7.17. The summed E-state index contributed by atoms with van der Waals surface area (Å²) in [5, 5.41) is 0. The van der Waals surface area contributed by atoms with Gasteiger partial charge in [-0.1, -0.05) is 30.3 Å². The van der Waals surface area contributed by atoms with Crippen LogP contribution >= 0.6 is 0 Å². The van der Waals surface area contributed by atoms with Crippen LogP contribution in [-0.4, -0.2) is 34.3 Å². The van der Waals surface area contributed by atoms with E-state index in [9.17, 15) is 4.79 Å². The van der Waals surface area contributed by atoms with Gasteiger partial charge in [-0.3, -0.25) is 4.79 Å². The molecule has 1 aliphatic carbocycles. The summed E-state index contributed by atoms with van der Waals surface area (Å²) in [6, 6.07) is 8.02. The first-order chi connectivity index (χ1) is 12.7. The van der Waals surface area contributed by atoms with Gasteiger partial charge in [-0.25, -0.2) is 4.98 Å². The summed E-state index contributed by atoms with van der Waals surface area (Å²) in [6.07, 6.45) is 10.7. The third kappa shape index (κ3) is 3.50. The van der Waals surface area contributed by atoms with Gasteiger partial charge in [0.2, 0.25) is 0 Å². The van der Waals surface area contributed by atoms with Crippen LogP contribution in [0.3, 0.4) is 0 Å². The Morgan fingerprint density at radius 3 is 2.65 bits per heavy atom. The van der Waals surface area contributed by atoms with Gasteiger partial charge in [-0.15, -0.1) is 0 Å². The summed E-state index contributed by atoms with van der Waals surface area (Å²) in [4.78, 5) is 17.1. The number of hydrogen-bond acceptors (Lipinski definition) is 4. The molecule has 1 aliphatic heterocycles. The summed E-state index contributed by atoms with van der Waals surface area (Å²) >= 11 is 0. The molecule has 1 saturated heterocycles. The molecule has 0 unspecified atom stereocenters. The van der Waals surface area contributed by atoms with Crippen molar-refractivity contribution in [3.05, 3.63) is 48.4 Å². The Bertz CT molecular complexity index is 808. The van der Waals surface area contributed by atoms with Crippen molar-refractivity contribution >= 4 is 11.9 Å². The molecule has 2 aliphatic rings. The SMILES string of the molecule is Cn1cnc(-c2ccccc2/C=C/C(=O)C2CCC3(CC2)OCCO3)c1. The van der Waals surface area contributed by atoms with Crippen LogP contribution in [0.15, 0.2) is 42.9 Å². The van der Waals surface area contributed by atoms with Crippen LogP contribution < -0.4 is 0 Å². The number of benzene rings is 1. The van der Waals surface area contributed by atoms with Crippen molar-refractivity contribution in [3.8, 4) is 11.3 Å². The minimum absolute atomic E-state index is 0.0617.